The molecule has 3 saturated heterocycles. The molecule has 0 radical (unpaired) electrons. The highest BCUT2D eigenvalue weighted by molar-refractivity contribution is 5.88. The van der Waals surface area contributed by atoms with Gasteiger partial charge in [0.05, 0.1) is 32.3 Å². The monoisotopic (exact) mass is 450 g/mol. The number of hydrogen-bond acceptors (Lipinski definition) is 5. The molecule has 3 fully saturated rings. The number of aliphatic hydroxyl groups is 1. The zero-order chi connectivity index (χ0) is 22.9. The Hall–Kier alpha value is -2.90. The standard InChI is InChI=1S/C26H30N2O5/c1-32-21-4-2-3-20(13-21)17-5-7-18(8-6-17)25-22-14-27(15-24(30)28(22)23(25)16-29)26(31)19-9-11-33-12-10-19/h2-8,13,19,22-23,25,29H,9-12,14-16H2,1H3/t22-,23-,25+/m1/s1. The summed E-state index contributed by atoms with van der Waals surface area (Å²) in [5.74, 6) is 0.735. The molecule has 0 saturated carbocycles. The van der Waals surface area contributed by atoms with Crippen LogP contribution < -0.4 is 4.74 Å². The normalized spacial score (nSPS) is 25.4. The lowest BCUT2D eigenvalue weighted by Gasteiger charge is -2.59. The molecule has 174 valence electrons. The van der Waals surface area contributed by atoms with Crippen molar-refractivity contribution in [3.8, 4) is 16.9 Å². The number of amides is 2. The third kappa shape index (κ3) is 4.00. The van der Waals surface area contributed by atoms with E-state index in [-0.39, 0.29) is 48.9 Å². The Kier molecular flexibility index (Phi) is 6.08. The fourth-order valence-corrected chi connectivity index (χ4v) is 5.57. The van der Waals surface area contributed by atoms with Crippen LogP contribution >= 0.6 is 0 Å². The molecule has 0 aliphatic carbocycles. The van der Waals surface area contributed by atoms with Gasteiger partial charge in [-0.3, -0.25) is 9.59 Å². The molecule has 5 rings (SSSR count). The minimum Gasteiger partial charge on any atom is -0.497 e. The lowest BCUT2D eigenvalue weighted by Crippen LogP contribution is -2.73. The van der Waals surface area contributed by atoms with Gasteiger partial charge in [-0.1, -0.05) is 36.4 Å². The second-order valence-corrected chi connectivity index (χ2v) is 9.10. The smallest absolute Gasteiger partial charge is 0.242 e. The lowest BCUT2D eigenvalue weighted by atomic mass is 9.73. The third-order valence-electron chi connectivity index (χ3n) is 7.33. The number of fused-ring (bicyclic) bond motifs is 1. The highest BCUT2D eigenvalue weighted by Gasteiger charge is 2.54. The molecule has 33 heavy (non-hydrogen) atoms. The molecular weight excluding hydrogens is 420 g/mol. The van der Waals surface area contributed by atoms with Crippen LogP contribution in [-0.4, -0.2) is 78.8 Å². The maximum absolute atomic E-state index is 13.1. The van der Waals surface area contributed by atoms with Crippen LogP contribution in [0.2, 0.25) is 0 Å². The van der Waals surface area contributed by atoms with E-state index in [1.54, 1.807) is 16.9 Å². The van der Waals surface area contributed by atoms with Crippen molar-refractivity contribution < 1.29 is 24.2 Å². The quantitative estimate of drug-likeness (QED) is 0.756. The Balaban J connectivity index is 1.35. The molecule has 0 aromatic heterocycles. The lowest BCUT2D eigenvalue weighted by molar-refractivity contribution is -0.169. The van der Waals surface area contributed by atoms with E-state index >= 15 is 0 Å². The average molecular weight is 451 g/mol. The molecule has 3 aliphatic rings. The number of methoxy groups -OCH3 is 1. The van der Waals surface area contributed by atoms with E-state index in [0.29, 0.717) is 32.6 Å². The first kappa shape index (κ1) is 21.9. The van der Waals surface area contributed by atoms with Gasteiger partial charge in [0.1, 0.15) is 5.75 Å². The van der Waals surface area contributed by atoms with Gasteiger partial charge in [-0.25, -0.2) is 0 Å². The van der Waals surface area contributed by atoms with Crippen LogP contribution in [0.3, 0.4) is 0 Å². The minimum absolute atomic E-state index is 0.00333. The highest BCUT2D eigenvalue weighted by atomic mass is 16.5. The van der Waals surface area contributed by atoms with Crippen molar-refractivity contribution in [2.75, 3.05) is 40.0 Å². The van der Waals surface area contributed by atoms with E-state index in [4.69, 9.17) is 9.47 Å². The predicted octanol–water partition coefficient (Wildman–Crippen LogP) is 2.29. The van der Waals surface area contributed by atoms with Crippen LogP contribution in [0.5, 0.6) is 5.75 Å². The zero-order valence-corrected chi connectivity index (χ0v) is 18.9. The van der Waals surface area contributed by atoms with Crippen LogP contribution in [0.1, 0.15) is 24.3 Å². The van der Waals surface area contributed by atoms with Crippen molar-refractivity contribution in [3.63, 3.8) is 0 Å². The molecule has 3 atom stereocenters. The van der Waals surface area contributed by atoms with Gasteiger partial charge < -0.3 is 24.4 Å². The second-order valence-electron chi connectivity index (χ2n) is 9.10. The number of piperazine rings is 1. The Morgan fingerprint density at radius 3 is 2.58 bits per heavy atom. The number of nitrogens with zero attached hydrogens (tertiary/aromatic N) is 2. The van der Waals surface area contributed by atoms with Gasteiger partial charge in [-0.05, 0) is 41.7 Å². The first-order valence-electron chi connectivity index (χ1n) is 11.6. The summed E-state index contributed by atoms with van der Waals surface area (Å²) in [6.07, 6.45) is 1.43. The summed E-state index contributed by atoms with van der Waals surface area (Å²) in [4.78, 5) is 29.5. The summed E-state index contributed by atoms with van der Waals surface area (Å²) in [7, 11) is 1.65. The molecule has 3 aliphatic heterocycles. The van der Waals surface area contributed by atoms with Gasteiger partial charge in [-0.2, -0.15) is 0 Å². The number of rotatable bonds is 5. The van der Waals surface area contributed by atoms with Crippen molar-refractivity contribution in [1.29, 1.82) is 0 Å². The topological polar surface area (TPSA) is 79.3 Å². The SMILES string of the molecule is COc1cccc(-c2ccc([C@@H]3[C@@H](CO)N4C(=O)CN(C(=O)C5CCOCC5)C[C@H]34)cc2)c1. The maximum Gasteiger partial charge on any atom is 0.242 e. The molecule has 3 heterocycles. The Morgan fingerprint density at radius 1 is 1.12 bits per heavy atom. The molecule has 2 aromatic carbocycles. The van der Waals surface area contributed by atoms with Gasteiger partial charge >= 0.3 is 0 Å². The van der Waals surface area contributed by atoms with Crippen molar-refractivity contribution in [1.82, 2.24) is 9.80 Å². The molecular formula is C26H30N2O5. The first-order chi connectivity index (χ1) is 16.1. The summed E-state index contributed by atoms with van der Waals surface area (Å²) >= 11 is 0. The average Bonchev–Trinajstić information content (AvgIpc) is 2.85. The highest BCUT2D eigenvalue weighted by Crippen LogP contribution is 2.43. The molecule has 7 heteroatoms. The van der Waals surface area contributed by atoms with Crippen molar-refractivity contribution in [3.05, 3.63) is 54.1 Å². The van der Waals surface area contributed by atoms with Crippen molar-refractivity contribution in [2.24, 2.45) is 5.92 Å². The van der Waals surface area contributed by atoms with E-state index in [9.17, 15) is 14.7 Å². The summed E-state index contributed by atoms with van der Waals surface area (Å²) in [5.41, 5.74) is 3.22. The molecule has 2 aromatic rings. The Labute approximate surface area is 193 Å². The molecule has 0 spiro atoms. The van der Waals surface area contributed by atoms with Crippen molar-refractivity contribution in [2.45, 2.75) is 30.8 Å². The molecule has 7 nitrogen and oxygen atoms in total. The van der Waals surface area contributed by atoms with Gasteiger partial charge in [0, 0.05) is 31.6 Å². The summed E-state index contributed by atoms with van der Waals surface area (Å²) in [6, 6.07) is 15.8. The maximum atomic E-state index is 13.1. The fourth-order valence-electron chi connectivity index (χ4n) is 5.57. The Bertz CT molecular complexity index is 1020. The number of hydrogen-bond donors (Lipinski definition) is 1. The van der Waals surface area contributed by atoms with Crippen LogP contribution in [0.4, 0.5) is 0 Å². The van der Waals surface area contributed by atoms with E-state index in [1.165, 1.54) is 0 Å². The molecule has 0 unspecified atom stereocenters. The van der Waals surface area contributed by atoms with Crippen LogP contribution in [0.15, 0.2) is 48.5 Å². The zero-order valence-electron chi connectivity index (χ0n) is 18.9. The van der Waals surface area contributed by atoms with E-state index < -0.39 is 0 Å². The molecule has 0 bridgehead atoms. The van der Waals surface area contributed by atoms with E-state index in [2.05, 4.69) is 24.3 Å². The number of carbonyl (C=O) groups is 2. The van der Waals surface area contributed by atoms with Crippen LogP contribution in [-0.2, 0) is 14.3 Å². The number of carbonyl (C=O) groups excluding carboxylic acids is 2. The minimum atomic E-state index is -0.245. The van der Waals surface area contributed by atoms with E-state index in [0.717, 1.165) is 22.4 Å². The van der Waals surface area contributed by atoms with E-state index in [1.807, 2.05) is 24.3 Å². The third-order valence-corrected chi connectivity index (χ3v) is 7.33. The second kappa shape index (κ2) is 9.15. The molecule has 1 N–H and O–H groups in total. The first-order valence-corrected chi connectivity index (χ1v) is 11.6. The predicted molar refractivity (Wildman–Crippen MR) is 123 cm³/mol. The van der Waals surface area contributed by atoms with Crippen LogP contribution in [0.25, 0.3) is 11.1 Å². The number of aliphatic hydroxyl groups excluding tert-OH is 1. The van der Waals surface area contributed by atoms with Crippen LogP contribution in [0, 0.1) is 5.92 Å². The molecule has 2 amide bonds. The summed E-state index contributed by atoms with van der Waals surface area (Å²) in [6.45, 7) is 1.73. The van der Waals surface area contributed by atoms with Gasteiger partial charge in [0.25, 0.3) is 0 Å². The van der Waals surface area contributed by atoms with Gasteiger partial charge in [0.15, 0.2) is 0 Å². The largest absolute Gasteiger partial charge is 0.497 e. The Morgan fingerprint density at radius 2 is 1.88 bits per heavy atom. The summed E-state index contributed by atoms with van der Waals surface area (Å²) in [5, 5.41) is 10.0. The van der Waals surface area contributed by atoms with Gasteiger partial charge in [-0.15, -0.1) is 0 Å². The fraction of sp³-hybridized carbons (Fsp3) is 0.462. The van der Waals surface area contributed by atoms with Gasteiger partial charge in [0.2, 0.25) is 11.8 Å². The summed E-state index contributed by atoms with van der Waals surface area (Å²) < 4.78 is 10.7. The van der Waals surface area contributed by atoms with Crippen molar-refractivity contribution >= 4 is 11.8 Å². The number of ether oxygens (including phenoxy) is 2. The number of benzene rings is 2.